The van der Waals surface area contributed by atoms with E-state index in [2.05, 4.69) is 33.6 Å². The molecule has 18 heavy (non-hydrogen) atoms. The van der Waals surface area contributed by atoms with Crippen LogP contribution in [0.1, 0.15) is 25.1 Å². The summed E-state index contributed by atoms with van der Waals surface area (Å²) in [5.74, 6) is 0.785. The largest absolute Gasteiger partial charge is 0.392 e. The number of hydrogen-bond donors (Lipinski definition) is 1. The lowest BCUT2D eigenvalue weighted by Gasteiger charge is -2.37. The monoisotopic (exact) mass is 250 g/mol. The maximum atomic E-state index is 9.12. The normalized spacial score (nSPS) is 17.5. The fourth-order valence-corrected chi connectivity index (χ4v) is 2.23. The van der Waals surface area contributed by atoms with E-state index in [1.165, 1.54) is 0 Å². The molecule has 0 amide bonds. The van der Waals surface area contributed by atoms with Crippen LogP contribution in [0.5, 0.6) is 0 Å². The minimum atomic E-state index is 0.00718. The Hall–Kier alpha value is -1.20. The molecule has 1 aliphatic heterocycles. The molecule has 0 saturated carbocycles. The highest BCUT2D eigenvalue weighted by Crippen LogP contribution is 2.14. The first-order chi connectivity index (χ1) is 8.61. The number of nitrogens with zero attached hydrogens (tertiary/aromatic N) is 4. The third-order valence-electron chi connectivity index (χ3n) is 3.57. The molecule has 2 heterocycles. The van der Waals surface area contributed by atoms with E-state index in [1.54, 1.807) is 6.20 Å². The van der Waals surface area contributed by atoms with Gasteiger partial charge in [0.15, 0.2) is 0 Å². The molecule has 1 N–H and O–H groups in total. The maximum absolute atomic E-state index is 9.12. The van der Waals surface area contributed by atoms with Crippen molar-refractivity contribution in [1.82, 2.24) is 14.9 Å². The molecule has 100 valence electrons. The molecule has 0 aliphatic carbocycles. The van der Waals surface area contributed by atoms with Gasteiger partial charge in [0, 0.05) is 49.7 Å². The minimum absolute atomic E-state index is 0.00718. The van der Waals surface area contributed by atoms with Gasteiger partial charge in [-0.2, -0.15) is 0 Å². The van der Waals surface area contributed by atoms with Crippen molar-refractivity contribution in [2.75, 3.05) is 31.1 Å². The Balaban J connectivity index is 2.03. The lowest BCUT2D eigenvalue weighted by Crippen LogP contribution is -2.49. The lowest BCUT2D eigenvalue weighted by atomic mass is 10.2. The summed E-state index contributed by atoms with van der Waals surface area (Å²) in [5, 5.41) is 9.12. The predicted molar refractivity (Wildman–Crippen MR) is 71.6 cm³/mol. The van der Waals surface area contributed by atoms with Crippen molar-refractivity contribution in [1.29, 1.82) is 0 Å². The summed E-state index contributed by atoms with van der Waals surface area (Å²) in [6.07, 6.45) is 1.73. The number of rotatable bonds is 3. The van der Waals surface area contributed by atoms with E-state index >= 15 is 0 Å². The van der Waals surface area contributed by atoms with Gasteiger partial charge in [0.1, 0.15) is 0 Å². The maximum Gasteiger partial charge on any atom is 0.225 e. The first-order valence-corrected chi connectivity index (χ1v) is 6.54. The topological polar surface area (TPSA) is 52.5 Å². The summed E-state index contributed by atoms with van der Waals surface area (Å²) in [6, 6.07) is 0.603. The Kier molecular flexibility index (Phi) is 4.14. The molecule has 1 saturated heterocycles. The smallest absolute Gasteiger partial charge is 0.225 e. The molecule has 5 nitrogen and oxygen atoms in total. The predicted octanol–water partition coefficient (Wildman–Crippen LogP) is 0.808. The summed E-state index contributed by atoms with van der Waals surface area (Å²) in [6.45, 7) is 10.4. The third kappa shape index (κ3) is 2.79. The van der Waals surface area contributed by atoms with Crippen LogP contribution in [0.2, 0.25) is 0 Å². The van der Waals surface area contributed by atoms with E-state index in [4.69, 9.17) is 5.11 Å². The van der Waals surface area contributed by atoms with Gasteiger partial charge in [-0.25, -0.2) is 9.97 Å². The standard InChI is InChI=1S/C13H22N4O/c1-10(2)16-4-6-17(7-5-16)13-14-8-12(9-18)11(3)15-13/h8,10,18H,4-7,9H2,1-3H3. The molecule has 0 atom stereocenters. The summed E-state index contributed by atoms with van der Waals surface area (Å²) in [4.78, 5) is 13.5. The van der Waals surface area contributed by atoms with Gasteiger partial charge in [-0.1, -0.05) is 0 Å². The Morgan fingerprint density at radius 3 is 2.44 bits per heavy atom. The quantitative estimate of drug-likeness (QED) is 0.860. The van der Waals surface area contributed by atoms with Crippen LogP contribution in [0.3, 0.4) is 0 Å². The van der Waals surface area contributed by atoms with Gasteiger partial charge in [0.05, 0.1) is 6.61 Å². The van der Waals surface area contributed by atoms with Crippen molar-refractivity contribution >= 4 is 5.95 Å². The van der Waals surface area contributed by atoms with Crippen LogP contribution < -0.4 is 4.90 Å². The molecular weight excluding hydrogens is 228 g/mol. The van der Waals surface area contributed by atoms with Gasteiger partial charge in [0.25, 0.3) is 0 Å². The zero-order valence-electron chi connectivity index (χ0n) is 11.4. The highest BCUT2D eigenvalue weighted by molar-refractivity contribution is 5.33. The van der Waals surface area contributed by atoms with Crippen molar-refractivity contribution in [3.05, 3.63) is 17.5 Å². The van der Waals surface area contributed by atoms with E-state index in [-0.39, 0.29) is 6.61 Å². The highest BCUT2D eigenvalue weighted by atomic mass is 16.3. The van der Waals surface area contributed by atoms with E-state index in [0.717, 1.165) is 43.4 Å². The molecule has 5 heteroatoms. The van der Waals surface area contributed by atoms with Crippen molar-refractivity contribution in [2.45, 2.75) is 33.4 Å². The molecule has 0 radical (unpaired) electrons. The fourth-order valence-electron chi connectivity index (χ4n) is 2.23. The third-order valence-corrected chi connectivity index (χ3v) is 3.57. The number of anilines is 1. The molecule has 1 aromatic heterocycles. The summed E-state index contributed by atoms with van der Waals surface area (Å²) in [5.41, 5.74) is 1.67. The molecule has 1 aromatic rings. The Morgan fingerprint density at radius 2 is 1.94 bits per heavy atom. The van der Waals surface area contributed by atoms with Gasteiger partial charge in [-0.3, -0.25) is 4.90 Å². The number of aliphatic hydroxyl groups excluding tert-OH is 1. The Bertz CT molecular complexity index is 400. The van der Waals surface area contributed by atoms with Crippen LogP contribution in [-0.2, 0) is 6.61 Å². The molecule has 2 rings (SSSR count). The Labute approximate surface area is 108 Å². The van der Waals surface area contributed by atoms with E-state index < -0.39 is 0 Å². The number of hydrogen-bond acceptors (Lipinski definition) is 5. The zero-order valence-corrected chi connectivity index (χ0v) is 11.4. The van der Waals surface area contributed by atoms with Gasteiger partial charge in [-0.15, -0.1) is 0 Å². The highest BCUT2D eigenvalue weighted by Gasteiger charge is 2.20. The average Bonchev–Trinajstić information content (AvgIpc) is 2.38. The second kappa shape index (κ2) is 5.63. The summed E-state index contributed by atoms with van der Waals surface area (Å²) < 4.78 is 0. The van der Waals surface area contributed by atoms with Crippen LogP contribution in [0.25, 0.3) is 0 Å². The zero-order chi connectivity index (χ0) is 13.1. The van der Waals surface area contributed by atoms with Crippen molar-refractivity contribution in [2.24, 2.45) is 0 Å². The van der Waals surface area contributed by atoms with Crippen LogP contribution in [0.4, 0.5) is 5.95 Å². The first-order valence-electron chi connectivity index (χ1n) is 6.54. The molecule has 0 unspecified atom stereocenters. The number of aryl methyl sites for hydroxylation is 1. The summed E-state index contributed by atoms with van der Waals surface area (Å²) >= 11 is 0. The van der Waals surface area contributed by atoms with Crippen molar-refractivity contribution in [3.63, 3.8) is 0 Å². The van der Waals surface area contributed by atoms with Gasteiger partial charge >= 0.3 is 0 Å². The molecule has 1 aliphatic rings. The van der Waals surface area contributed by atoms with Crippen LogP contribution in [0.15, 0.2) is 6.20 Å². The SMILES string of the molecule is Cc1nc(N2CCN(C(C)C)CC2)ncc1CO. The van der Waals surface area contributed by atoms with Gasteiger partial charge in [-0.05, 0) is 20.8 Å². The van der Waals surface area contributed by atoms with Gasteiger partial charge < -0.3 is 10.0 Å². The second-order valence-corrected chi connectivity index (χ2v) is 5.06. The van der Waals surface area contributed by atoms with E-state index in [9.17, 15) is 0 Å². The van der Waals surface area contributed by atoms with Crippen LogP contribution >= 0.6 is 0 Å². The minimum Gasteiger partial charge on any atom is -0.392 e. The Morgan fingerprint density at radius 1 is 1.28 bits per heavy atom. The molecule has 1 fully saturated rings. The molecule has 0 spiro atoms. The van der Waals surface area contributed by atoms with Crippen LogP contribution in [-0.4, -0.2) is 52.2 Å². The van der Waals surface area contributed by atoms with E-state index in [1.807, 2.05) is 6.92 Å². The molecule has 0 aromatic carbocycles. The van der Waals surface area contributed by atoms with Crippen molar-refractivity contribution < 1.29 is 5.11 Å². The average molecular weight is 250 g/mol. The molecule has 0 bridgehead atoms. The van der Waals surface area contributed by atoms with Crippen molar-refractivity contribution in [3.8, 4) is 0 Å². The number of aliphatic hydroxyl groups is 1. The lowest BCUT2D eigenvalue weighted by molar-refractivity contribution is 0.208. The first kappa shape index (κ1) is 13.2. The van der Waals surface area contributed by atoms with Crippen LogP contribution in [0, 0.1) is 6.92 Å². The summed E-state index contributed by atoms with van der Waals surface area (Å²) in [7, 11) is 0. The number of piperazine rings is 1. The molecular formula is C13H22N4O. The van der Waals surface area contributed by atoms with Gasteiger partial charge in [0.2, 0.25) is 5.95 Å². The number of aromatic nitrogens is 2. The van der Waals surface area contributed by atoms with E-state index in [0.29, 0.717) is 6.04 Å². The second-order valence-electron chi connectivity index (χ2n) is 5.06. The fraction of sp³-hybridized carbons (Fsp3) is 0.692.